The highest BCUT2D eigenvalue weighted by atomic mass is 79.9. The topological polar surface area (TPSA) is 38.0 Å². The van der Waals surface area contributed by atoms with E-state index in [1.54, 1.807) is 0 Å². The zero-order chi connectivity index (χ0) is 11.8. The van der Waals surface area contributed by atoms with Crippen LogP contribution in [0.3, 0.4) is 0 Å². The lowest BCUT2D eigenvalue weighted by atomic mass is 10.0. The van der Waals surface area contributed by atoms with Gasteiger partial charge in [0.05, 0.1) is 0 Å². The quantitative estimate of drug-likeness (QED) is 0.452. The molecule has 0 aliphatic heterocycles. The average molecular weight is 285 g/mol. The molecule has 1 atom stereocenters. The van der Waals surface area contributed by atoms with Crippen LogP contribution in [0.4, 0.5) is 0 Å². The number of unbranched alkanes of at least 4 members (excludes halogenated alkanes) is 3. The molecule has 0 bridgehead atoms. The molecule has 2 nitrogen and oxygen atoms in total. The van der Waals surface area contributed by atoms with E-state index in [2.05, 4.69) is 46.5 Å². The molecule has 90 valence electrons. The fraction of sp³-hybridized carbons (Fsp3) is 0.538. The first-order chi connectivity index (χ1) is 7.77. The van der Waals surface area contributed by atoms with Crippen molar-refractivity contribution in [2.24, 2.45) is 5.84 Å². The molecule has 0 amide bonds. The van der Waals surface area contributed by atoms with Crippen molar-refractivity contribution in [3.8, 4) is 0 Å². The van der Waals surface area contributed by atoms with Crippen molar-refractivity contribution in [2.75, 3.05) is 0 Å². The smallest absolute Gasteiger partial charge is 0.0460 e. The number of benzene rings is 1. The van der Waals surface area contributed by atoms with Gasteiger partial charge < -0.3 is 0 Å². The summed E-state index contributed by atoms with van der Waals surface area (Å²) in [5, 5.41) is 0. The van der Waals surface area contributed by atoms with Crippen LogP contribution in [0.15, 0.2) is 28.7 Å². The standard InChI is InChI=1S/C13H21BrN2/c1-2-3-4-5-9-13(16-15)11-7-6-8-12(14)10-11/h6-8,10,13,16H,2-5,9,15H2,1H3. The Labute approximate surface area is 107 Å². The largest absolute Gasteiger partial charge is 0.271 e. The zero-order valence-electron chi connectivity index (χ0n) is 9.88. The van der Waals surface area contributed by atoms with Crippen LogP contribution in [0.1, 0.15) is 50.6 Å². The number of hydrogen-bond donors (Lipinski definition) is 2. The third-order valence-corrected chi connectivity index (χ3v) is 3.29. The van der Waals surface area contributed by atoms with Gasteiger partial charge >= 0.3 is 0 Å². The monoisotopic (exact) mass is 284 g/mol. The van der Waals surface area contributed by atoms with Gasteiger partial charge in [-0.3, -0.25) is 11.3 Å². The Morgan fingerprint density at radius 3 is 2.75 bits per heavy atom. The number of hydrazine groups is 1. The van der Waals surface area contributed by atoms with E-state index in [1.165, 1.54) is 31.2 Å². The van der Waals surface area contributed by atoms with E-state index in [9.17, 15) is 0 Å². The molecular weight excluding hydrogens is 264 g/mol. The van der Waals surface area contributed by atoms with Crippen LogP contribution in [-0.4, -0.2) is 0 Å². The summed E-state index contributed by atoms with van der Waals surface area (Å²) in [6.07, 6.45) is 6.22. The maximum atomic E-state index is 5.60. The van der Waals surface area contributed by atoms with Crippen molar-refractivity contribution < 1.29 is 0 Å². The molecule has 1 unspecified atom stereocenters. The third kappa shape index (κ3) is 4.64. The second-order valence-corrected chi connectivity index (χ2v) is 5.04. The summed E-state index contributed by atoms with van der Waals surface area (Å²) < 4.78 is 1.11. The normalized spacial score (nSPS) is 12.7. The molecular formula is C13H21BrN2. The molecule has 1 rings (SSSR count). The van der Waals surface area contributed by atoms with Crippen LogP contribution in [0.5, 0.6) is 0 Å². The first-order valence-electron chi connectivity index (χ1n) is 5.99. The number of nitrogens with one attached hydrogen (secondary N) is 1. The van der Waals surface area contributed by atoms with Crippen molar-refractivity contribution in [3.05, 3.63) is 34.3 Å². The fourth-order valence-corrected chi connectivity index (χ4v) is 2.26. The second kappa shape index (κ2) is 7.82. The summed E-state index contributed by atoms with van der Waals surface area (Å²) in [5.41, 5.74) is 4.16. The minimum Gasteiger partial charge on any atom is -0.271 e. The molecule has 1 aromatic rings. The lowest BCUT2D eigenvalue weighted by Gasteiger charge is -2.16. The van der Waals surface area contributed by atoms with E-state index in [4.69, 9.17) is 5.84 Å². The Kier molecular flexibility index (Phi) is 6.69. The predicted molar refractivity (Wildman–Crippen MR) is 73.0 cm³/mol. The van der Waals surface area contributed by atoms with Crippen LogP contribution in [0.2, 0.25) is 0 Å². The van der Waals surface area contributed by atoms with Crippen LogP contribution >= 0.6 is 15.9 Å². The Morgan fingerprint density at radius 1 is 1.31 bits per heavy atom. The summed E-state index contributed by atoms with van der Waals surface area (Å²) in [5.74, 6) is 5.60. The molecule has 0 fully saturated rings. The minimum absolute atomic E-state index is 0.273. The highest BCUT2D eigenvalue weighted by Crippen LogP contribution is 2.22. The molecule has 0 spiro atoms. The van der Waals surface area contributed by atoms with Crippen molar-refractivity contribution in [2.45, 2.75) is 45.1 Å². The van der Waals surface area contributed by atoms with Gasteiger partial charge in [0.25, 0.3) is 0 Å². The van der Waals surface area contributed by atoms with Gasteiger partial charge in [-0.25, -0.2) is 0 Å². The number of rotatable bonds is 7. The summed E-state index contributed by atoms with van der Waals surface area (Å²) in [6, 6.07) is 8.61. The number of nitrogens with two attached hydrogens (primary N) is 1. The lowest BCUT2D eigenvalue weighted by molar-refractivity contribution is 0.482. The van der Waals surface area contributed by atoms with Crippen LogP contribution in [0, 0.1) is 0 Å². The van der Waals surface area contributed by atoms with Gasteiger partial charge in [0.2, 0.25) is 0 Å². The van der Waals surface area contributed by atoms with E-state index >= 15 is 0 Å². The molecule has 16 heavy (non-hydrogen) atoms. The Hall–Kier alpha value is -0.380. The van der Waals surface area contributed by atoms with Crippen LogP contribution < -0.4 is 11.3 Å². The summed E-state index contributed by atoms with van der Waals surface area (Å²) in [6.45, 7) is 2.23. The Morgan fingerprint density at radius 2 is 2.12 bits per heavy atom. The maximum Gasteiger partial charge on any atom is 0.0460 e. The van der Waals surface area contributed by atoms with Gasteiger partial charge in [-0.2, -0.15) is 0 Å². The first kappa shape index (κ1) is 13.7. The van der Waals surface area contributed by atoms with Gasteiger partial charge in [0.15, 0.2) is 0 Å². The van der Waals surface area contributed by atoms with Gasteiger partial charge in [0, 0.05) is 10.5 Å². The maximum absolute atomic E-state index is 5.60. The Bertz CT molecular complexity index is 302. The molecule has 0 heterocycles. The van der Waals surface area contributed by atoms with Crippen molar-refractivity contribution in [3.63, 3.8) is 0 Å². The van der Waals surface area contributed by atoms with E-state index in [0.29, 0.717) is 0 Å². The molecule has 1 aromatic carbocycles. The SMILES string of the molecule is CCCCCCC(NN)c1cccc(Br)c1. The zero-order valence-corrected chi connectivity index (χ0v) is 11.5. The summed E-state index contributed by atoms with van der Waals surface area (Å²) >= 11 is 3.48. The van der Waals surface area contributed by atoms with Crippen LogP contribution in [-0.2, 0) is 0 Å². The summed E-state index contributed by atoms with van der Waals surface area (Å²) in [7, 11) is 0. The van der Waals surface area contributed by atoms with Crippen molar-refractivity contribution in [1.29, 1.82) is 0 Å². The van der Waals surface area contributed by atoms with Gasteiger partial charge in [-0.05, 0) is 24.1 Å². The minimum atomic E-state index is 0.273. The lowest BCUT2D eigenvalue weighted by Crippen LogP contribution is -2.27. The average Bonchev–Trinajstić information content (AvgIpc) is 2.29. The van der Waals surface area contributed by atoms with Gasteiger partial charge in [-0.15, -0.1) is 0 Å². The van der Waals surface area contributed by atoms with Crippen LogP contribution in [0.25, 0.3) is 0 Å². The van der Waals surface area contributed by atoms with E-state index in [1.807, 2.05) is 6.07 Å². The fourth-order valence-electron chi connectivity index (χ4n) is 1.84. The van der Waals surface area contributed by atoms with Crippen molar-refractivity contribution >= 4 is 15.9 Å². The molecule has 0 saturated heterocycles. The molecule has 0 radical (unpaired) electrons. The molecule has 3 heteroatoms. The molecule has 0 saturated carbocycles. The number of halogens is 1. The molecule has 0 aromatic heterocycles. The Balaban J connectivity index is 2.47. The van der Waals surface area contributed by atoms with Gasteiger partial charge in [-0.1, -0.05) is 60.7 Å². The number of hydrogen-bond acceptors (Lipinski definition) is 2. The third-order valence-electron chi connectivity index (χ3n) is 2.80. The predicted octanol–water partition coefficient (Wildman–Crippen LogP) is 3.92. The first-order valence-corrected chi connectivity index (χ1v) is 6.78. The van der Waals surface area contributed by atoms with E-state index in [0.717, 1.165) is 10.9 Å². The van der Waals surface area contributed by atoms with E-state index < -0.39 is 0 Å². The summed E-state index contributed by atoms with van der Waals surface area (Å²) in [4.78, 5) is 0. The molecule has 0 aliphatic rings. The highest BCUT2D eigenvalue weighted by Gasteiger charge is 2.08. The van der Waals surface area contributed by atoms with E-state index in [-0.39, 0.29) is 6.04 Å². The second-order valence-electron chi connectivity index (χ2n) is 4.12. The highest BCUT2D eigenvalue weighted by molar-refractivity contribution is 9.10. The molecule has 0 aliphatic carbocycles. The molecule has 3 N–H and O–H groups in total. The van der Waals surface area contributed by atoms with Crippen molar-refractivity contribution in [1.82, 2.24) is 5.43 Å². The van der Waals surface area contributed by atoms with Gasteiger partial charge in [0.1, 0.15) is 0 Å².